The minimum atomic E-state index is 0.136. The van der Waals surface area contributed by atoms with Gasteiger partial charge in [0.1, 0.15) is 5.82 Å². The molecule has 5 nitrogen and oxygen atoms in total. The molecule has 1 unspecified atom stereocenters. The average Bonchev–Trinajstić information content (AvgIpc) is 3.01. The molecule has 5 heteroatoms. The summed E-state index contributed by atoms with van der Waals surface area (Å²) in [6, 6.07) is 0. The summed E-state index contributed by atoms with van der Waals surface area (Å²) in [5.74, 6) is 1.18. The fraction of sp³-hybridized carbons (Fsp3) is 0.733. The molecule has 1 atom stereocenters. The third-order valence-electron chi connectivity index (χ3n) is 4.16. The van der Waals surface area contributed by atoms with Gasteiger partial charge >= 0.3 is 0 Å². The highest BCUT2D eigenvalue weighted by molar-refractivity contribution is 5.75. The van der Waals surface area contributed by atoms with E-state index in [-0.39, 0.29) is 11.3 Å². The maximum Gasteiger partial charge on any atom is 0.221 e. The second-order valence-electron chi connectivity index (χ2n) is 6.22. The van der Waals surface area contributed by atoms with Gasteiger partial charge in [-0.1, -0.05) is 13.8 Å². The van der Waals surface area contributed by atoms with Gasteiger partial charge in [-0.25, -0.2) is 4.98 Å². The summed E-state index contributed by atoms with van der Waals surface area (Å²) in [7, 11) is 2.14. The first-order valence-corrected chi connectivity index (χ1v) is 7.48. The normalized spacial score (nSPS) is 23.1. The van der Waals surface area contributed by atoms with Crippen LogP contribution in [0.2, 0.25) is 0 Å². The molecule has 2 rings (SSSR count). The number of hydrogen-bond acceptors (Lipinski definition) is 3. The Bertz CT molecular complexity index is 456. The first-order chi connectivity index (χ1) is 9.52. The number of carbonyl (C=O) groups is 1. The first kappa shape index (κ1) is 15.0. The van der Waals surface area contributed by atoms with Crippen LogP contribution in [0.25, 0.3) is 0 Å². The molecular weight excluding hydrogens is 252 g/mol. The molecule has 20 heavy (non-hydrogen) atoms. The summed E-state index contributed by atoms with van der Waals surface area (Å²) in [4.78, 5) is 18.6. The number of nitrogens with one attached hydrogen (secondary N) is 1. The Balaban J connectivity index is 1.73. The van der Waals surface area contributed by atoms with E-state index in [1.807, 2.05) is 6.20 Å². The summed E-state index contributed by atoms with van der Waals surface area (Å²) < 4.78 is 2.06. The highest BCUT2D eigenvalue weighted by Gasteiger charge is 2.31. The number of likely N-dealkylation sites (tertiary alicyclic amines) is 1. The van der Waals surface area contributed by atoms with Crippen LogP contribution in [0, 0.1) is 5.41 Å². The van der Waals surface area contributed by atoms with Gasteiger partial charge in [-0.2, -0.15) is 0 Å². The lowest BCUT2D eigenvalue weighted by Crippen LogP contribution is -2.37. The predicted molar refractivity (Wildman–Crippen MR) is 79.5 cm³/mol. The Labute approximate surface area is 121 Å². The van der Waals surface area contributed by atoms with Gasteiger partial charge in [0.05, 0.1) is 0 Å². The first-order valence-electron chi connectivity index (χ1n) is 7.48. The summed E-state index contributed by atoms with van der Waals surface area (Å²) in [5.41, 5.74) is 0.230. The average molecular weight is 278 g/mol. The molecule has 0 bridgehead atoms. The Hall–Kier alpha value is -1.36. The number of aromatic nitrogens is 2. The molecule has 0 saturated carbocycles. The van der Waals surface area contributed by atoms with Crippen molar-refractivity contribution in [1.29, 1.82) is 0 Å². The molecule has 1 N–H and O–H groups in total. The Morgan fingerprint density at radius 3 is 3.00 bits per heavy atom. The minimum absolute atomic E-state index is 0.136. The van der Waals surface area contributed by atoms with Crippen LogP contribution < -0.4 is 5.32 Å². The molecule has 1 saturated heterocycles. The molecule has 0 radical (unpaired) electrons. The Morgan fingerprint density at radius 1 is 1.55 bits per heavy atom. The molecule has 112 valence electrons. The lowest BCUT2D eigenvalue weighted by molar-refractivity contribution is -0.121. The second-order valence-corrected chi connectivity index (χ2v) is 6.22. The van der Waals surface area contributed by atoms with E-state index in [9.17, 15) is 4.79 Å². The zero-order valence-corrected chi connectivity index (χ0v) is 12.9. The van der Waals surface area contributed by atoms with Gasteiger partial charge in [0.15, 0.2) is 0 Å². The topological polar surface area (TPSA) is 50.2 Å². The summed E-state index contributed by atoms with van der Waals surface area (Å²) in [6.07, 6.45) is 6.32. The van der Waals surface area contributed by atoms with Gasteiger partial charge in [0.2, 0.25) is 5.91 Å². The molecule has 1 aromatic heterocycles. The van der Waals surface area contributed by atoms with Gasteiger partial charge < -0.3 is 14.8 Å². The predicted octanol–water partition coefficient (Wildman–Crippen LogP) is 1.29. The van der Waals surface area contributed by atoms with Crippen molar-refractivity contribution in [1.82, 2.24) is 19.8 Å². The van der Waals surface area contributed by atoms with Crippen LogP contribution in [0.15, 0.2) is 12.4 Å². The number of nitrogens with zero attached hydrogens (tertiary/aromatic N) is 3. The number of carbonyl (C=O) groups excluding carboxylic acids is 1. The molecule has 0 spiro atoms. The Kier molecular flexibility index (Phi) is 4.81. The molecule has 0 aromatic carbocycles. The zero-order valence-electron chi connectivity index (χ0n) is 12.9. The molecule has 1 aromatic rings. The van der Waals surface area contributed by atoms with Gasteiger partial charge in [-0.05, 0) is 25.4 Å². The van der Waals surface area contributed by atoms with Gasteiger partial charge in [0, 0.05) is 44.9 Å². The van der Waals surface area contributed by atoms with Gasteiger partial charge in [0.25, 0.3) is 0 Å². The molecule has 1 fully saturated rings. The van der Waals surface area contributed by atoms with Crippen LogP contribution in [0.4, 0.5) is 0 Å². The molecule has 1 aliphatic heterocycles. The lowest BCUT2D eigenvalue weighted by atomic mass is 9.90. The highest BCUT2D eigenvalue weighted by Crippen LogP contribution is 2.27. The number of imidazole rings is 1. The second kappa shape index (κ2) is 6.39. The number of hydrogen-bond donors (Lipinski definition) is 1. The largest absolute Gasteiger partial charge is 0.355 e. The molecule has 1 amide bonds. The zero-order chi connectivity index (χ0) is 14.6. The van der Waals surface area contributed by atoms with Crippen molar-refractivity contribution in [2.75, 3.05) is 26.7 Å². The van der Waals surface area contributed by atoms with Crippen LogP contribution in [0.5, 0.6) is 0 Å². The molecule has 2 heterocycles. The van der Waals surface area contributed by atoms with Crippen molar-refractivity contribution in [3.63, 3.8) is 0 Å². The van der Waals surface area contributed by atoms with Crippen LogP contribution in [0.1, 0.15) is 32.5 Å². The van der Waals surface area contributed by atoms with E-state index in [1.165, 1.54) is 0 Å². The SMILES string of the molecule is CCc1nccn1CCC(=O)NCC1(C)CCN(C)C1. The van der Waals surface area contributed by atoms with E-state index in [1.54, 1.807) is 6.20 Å². The van der Waals surface area contributed by atoms with E-state index in [0.717, 1.165) is 38.3 Å². The number of rotatable bonds is 6. The van der Waals surface area contributed by atoms with Crippen molar-refractivity contribution < 1.29 is 4.79 Å². The third-order valence-corrected chi connectivity index (χ3v) is 4.16. The minimum Gasteiger partial charge on any atom is -0.355 e. The number of aryl methyl sites for hydroxylation is 2. The van der Waals surface area contributed by atoms with Gasteiger partial charge in [-0.15, -0.1) is 0 Å². The number of amides is 1. The monoisotopic (exact) mass is 278 g/mol. The van der Waals surface area contributed by atoms with Crippen molar-refractivity contribution in [3.8, 4) is 0 Å². The van der Waals surface area contributed by atoms with Crippen LogP contribution >= 0.6 is 0 Å². The van der Waals surface area contributed by atoms with Crippen molar-refractivity contribution >= 4 is 5.91 Å². The fourth-order valence-corrected chi connectivity index (χ4v) is 2.90. The van der Waals surface area contributed by atoms with E-state index in [0.29, 0.717) is 13.0 Å². The third kappa shape index (κ3) is 3.82. The quantitative estimate of drug-likeness (QED) is 0.853. The Morgan fingerprint density at radius 2 is 2.35 bits per heavy atom. The van der Waals surface area contributed by atoms with Crippen LogP contribution in [-0.2, 0) is 17.8 Å². The molecule has 1 aliphatic rings. The van der Waals surface area contributed by atoms with Crippen molar-refractivity contribution in [2.45, 2.75) is 39.7 Å². The summed E-state index contributed by atoms with van der Waals surface area (Å²) in [6.45, 7) is 8.01. The van der Waals surface area contributed by atoms with Gasteiger partial charge in [-0.3, -0.25) is 4.79 Å². The lowest BCUT2D eigenvalue weighted by Gasteiger charge is -2.24. The summed E-state index contributed by atoms with van der Waals surface area (Å²) >= 11 is 0. The van der Waals surface area contributed by atoms with Crippen molar-refractivity contribution in [2.24, 2.45) is 5.41 Å². The highest BCUT2D eigenvalue weighted by atomic mass is 16.1. The standard InChI is InChI=1S/C15H26N4O/c1-4-13-16-7-10-19(13)8-5-14(20)17-11-15(2)6-9-18(3)12-15/h7,10H,4-6,8-9,11-12H2,1-3H3,(H,17,20). The van der Waals surface area contributed by atoms with E-state index >= 15 is 0 Å². The maximum absolute atomic E-state index is 12.0. The van der Waals surface area contributed by atoms with E-state index < -0.39 is 0 Å². The fourth-order valence-electron chi connectivity index (χ4n) is 2.90. The van der Waals surface area contributed by atoms with Crippen LogP contribution in [0.3, 0.4) is 0 Å². The summed E-state index contributed by atoms with van der Waals surface area (Å²) in [5, 5.41) is 3.09. The smallest absolute Gasteiger partial charge is 0.221 e. The maximum atomic E-state index is 12.0. The van der Waals surface area contributed by atoms with E-state index in [4.69, 9.17) is 0 Å². The van der Waals surface area contributed by atoms with Crippen molar-refractivity contribution in [3.05, 3.63) is 18.2 Å². The molecule has 0 aliphatic carbocycles. The van der Waals surface area contributed by atoms with E-state index in [2.05, 4.69) is 40.7 Å². The molecular formula is C15H26N4O. The van der Waals surface area contributed by atoms with Crippen LogP contribution in [-0.4, -0.2) is 47.0 Å².